The third kappa shape index (κ3) is 4.36. The van der Waals surface area contributed by atoms with Crippen LogP contribution in [0.25, 0.3) is 0 Å². The predicted molar refractivity (Wildman–Crippen MR) is 94.3 cm³/mol. The SMILES string of the molecule is CCNC(Cc1cc(C)cc(C)c1)c1ccccc1SC. The second-order valence-corrected chi connectivity index (χ2v) is 6.40. The van der Waals surface area contributed by atoms with Crippen molar-refractivity contribution in [2.45, 2.75) is 38.1 Å². The van der Waals surface area contributed by atoms with Crippen LogP contribution in [0, 0.1) is 13.8 Å². The highest BCUT2D eigenvalue weighted by molar-refractivity contribution is 7.98. The highest BCUT2D eigenvalue weighted by Crippen LogP contribution is 2.28. The molecule has 0 spiro atoms. The maximum atomic E-state index is 3.65. The van der Waals surface area contributed by atoms with Gasteiger partial charge in [0.05, 0.1) is 0 Å². The summed E-state index contributed by atoms with van der Waals surface area (Å²) in [6, 6.07) is 15.9. The van der Waals surface area contributed by atoms with E-state index in [1.165, 1.54) is 27.1 Å². The van der Waals surface area contributed by atoms with Gasteiger partial charge in [-0.15, -0.1) is 11.8 Å². The first kappa shape index (κ1) is 16.1. The Morgan fingerprint density at radius 2 is 1.71 bits per heavy atom. The van der Waals surface area contributed by atoms with Crippen molar-refractivity contribution in [3.63, 3.8) is 0 Å². The summed E-state index contributed by atoms with van der Waals surface area (Å²) in [5, 5.41) is 3.65. The molecule has 0 fully saturated rings. The number of likely N-dealkylation sites (N-methyl/N-ethyl adjacent to an activating group) is 1. The number of thioether (sulfide) groups is 1. The monoisotopic (exact) mass is 299 g/mol. The van der Waals surface area contributed by atoms with Crippen LogP contribution < -0.4 is 5.32 Å². The topological polar surface area (TPSA) is 12.0 Å². The first-order chi connectivity index (χ1) is 10.1. The molecule has 0 aromatic heterocycles. The van der Waals surface area contributed by atoms with Gasteiger partial charge in [-0.1, -0.05) is 54.4 Å². The number of benzene rings is 2. The molecule has 0 heterocycles. The Kier molecular flexibility index (Phi) is 5.89. The smallest absolute Gasteiger partial charge is 0.0371 e. The fourth-order valence-corrected chi connectivity index (χ4v) is 3.58. The van der Waals surface area contributed by atoms with E-state index in [4.69, 9.17) is 0 Å². The molecule has 1 atom stereocenters. The summed E-state index contributed by atoms with van der Waals surface area (Å²) in [5.41, 5.74) is 5.51. The fourth-order valence-electron chi connectivity index (χ4n) is 2.92. The van der Waals surface area contributed by atoms with Crippen LogP contribution in [0.4, 0.5) is 0 Å². The number of aryl methyl sites for hydroxylation is 2. The lowest BCUT2D eigenvalue weighted by atomic mass is 9.96. The average Bonchev–Trinajstić information content (AvgIpc) is 2.45. The molecule has 0 aliphatic rings. The second kappa shape index (κ2) is 7.67. The first-order valence-corrected chi connectivity index (χ1v) is 8.80. The van der Waals surface area contributed by atoms with Gasteiger partial charge in [0, 0.05) is 10.9 Å². The van der Waals surface area contributed by atoms with Gasteiger partial charge in [0.15, 0.2) is 0 Å². The zero-order chi connectivity index (χ0) is 15.2. The lowest BCUT2D eigenvalue weighted by Gasteiger charge is -2.21. The molecule has 1 nitrogen and oxygen atoms in total. The van der Waals surface area contributed by atoms with Crippen molar-refractivity contribution in [2.24, 2.45) is 0 Å². The van der Waals surface area contributed by atoms with Gasteiger partial charge in [-0.25, -0.2) is 0 Å². The maximum absolute atomic E-state index is 3.65. The van der Waals surface area contributed by atoms with Crippen molar-refractivity contribution in [2.75, 3.05) is 12.8 Å². The molecule has 1 N–H and O–H groups in total. The van der Waals surface area contributed by atoms with E-state index >= 15 is 0 Å². The molecule has 2 aromatic rings. The van der Waals surface area contributed by atoms with Crippen LogP contribution in [0.2, 0.25) is 0 Å². The molecule has 2 heteroatoms. The minimum atomic E-state index is 0.375. The summed E-state index contributed by atoms with van der Waals surface area (Å²) >= 11 is 1.83. The van der Waals surface area contributed by atoms with E-state index in [0.29, 0.717) is 6.04 Å². The fraction of sp³-hybridized carbons (Fsp3) is 0.368. The summed E-state index contributed by atoms with van der Waals surface area (Å²) in [6.07, 6.45) is 3.19. The van der Waals surface area contributed by atoms with Crippen LogP contribution in [0.1, 0.15) is 35.2 Å². The largest absolute Gasteiger partial charge is 0.310 e. The maximum Gasteiger partial charge on any atom is 0.0371 e. The van der Waals surface area contributed by atoms with Gasteiger partial charge in [-0.2, -0.15) is 0 Å². The standard InChI is InChI=1S/C19H25NS/c1-5-20-18(17-8-6-7-9-19(17)21-4)13-16-11-14(2)10-15(3)12-16/h6-12,18,20H,5,13H2,1-4H3. The third-order valence-corrected chi connectivity index (χ3v) is 4.50. The van der Waals surface area contributed by atoms with E-state index in [9.17, 15) is 0 Å². The van der Waals surface area contributed by atoms with Crippen molar-refractivity contribution in [1.82, 2.24) is 5.32 Å². The summed E-state index contributed by atoms with van der Waals surface area (Å²) in [4.78, 5) is 1.37. The minimum Gasteiger partial charge on any atom is -0.310 e. The number of nitrogens with one attached hydrogen (secondary N) is 1. The molecular formula is C19H25NS. The molecule has 0 aliphatic heterocycles. The van der Waals surface area contributed by atoms with E-state index < -0.39 is 0 Å². The third-order valence-electron chi connectivity index (χ3n) is 3.69. The molecule has 1 unspecified atom stereocenters. The van der Waals surface area contributed by atoms with Crippen LogP contribution in [-0.4, -0.2) is 12.8 Å². The summed E-state index contributed by atoms with van der Waals surface area (Å²) in [5.74, 6) is 0. The first-order valence-electron chi connectivity index (χ1n) is 7.57. The highest BCUT2D eigenvalue weighted by atomic mass is 32.2. The normalized spacial score (nSPS) is 12.4. The van der Waals surface area contributed by atoms with Gasteiger partial charge in [-0.3, -0.25) is 0 Å². The Morgan fingerprint density at radius 1 is 1.05 bits per heavy atom. The van der Waals surface area contributed by atoms with Gasteiger partial charge in [0.1, 0.15) is 0 Å². The second-order valence-electron chi connectivity index (χ2n) is 5.55. The van der Waals surface area contributed by atoms with Crippen molar-refractivity contribution < 1.29 is 0 Å². The molecule has 2 aromatic carbocycles. The van der Waals surface area contributed by atoms with E-state index in [1.807, 2.05) is 11.8 Å². The molecule has 0 aliphatic carbocycles. The van der Waals surface area contributed by atoms with Gasteiger partial charge < -0.3 is 5.32 Å². The van der Waals surface area contributed by atoms with Crippen molar-refractivity contribution in [3.8, 4) is 0 Å². The molecule has 0 saturated carbocycles. The lowest BCUT2D eigenvalue weighted by molar-refractivity contribution is 0.542. The molecule has 112 valence electrons. The molecule has 2 rings (SSSR count). The zero-order valence-corrected chi connectivity index (χ0v) is 14.3. The highest BCUT2D eigenvalue weighted by Gasteiger charge is 2.14. The van der Waals surface area contributed by atoms with Crippen LogP contribution in [0.3, 0.4) is 0 Å². The Bertz CT molecular complexity index is 572. The Labute approximate surface area is 133 Å². The van der Waals surface area contributed by atoms with Crippen LogP contribution >= 0.6 is 11.8 Å². The number of rotatable bonds is 6. The zero-order valence-electron chi connectivity index (χ0n) is 13.4. The van der Waals surface area contributed by atoms with Gasteiger partial charge >= 0.3 is 0 Å². The molecule has 21 heavy (non-hydrogen) atoms. The van der Waals surface area contributed by atoms with E-state index in [0.717, 1.165) is 13.0 Å². The van der Waals surface area contributed by atoms with Gasteiger partial charge in [0.2, 0.25) is 0 Å². The van der Waals surface area contributed by atoms with E-state index in [1.54, 1.807) is 0 Å². The summed E-state index contributed by atoms with van der Waals surface area (Å²) in [7, 11) is 0. The van der Waals surface area contributed by atoms with Crippen molar-refractivity contribution in [1.29, 1.82) is 0 Å². The quantitative estimate of drug-likeness (QED) is 0.760. The van der Waals surface area contributed by atoms with Gasteiger partial charge in [0.25, 0.3) is 0 Å². The molecule has 0 radical (unpaired) electrons. The van der Waals surface area contributed by atoms with Crippen molar-refractivity contribution in [3.05, 3.63) is 64.7 Å². The number of hydrogen-bond donors (Lipinski definition) is 1. The van der Waals surface area contributed by atoms with Gasteiger partial charge in [-0.05, 0) is 50.3 Å². The Balaban J connectivity index is 2.30. The summed E-state index contributed by atoms with van der Waals surface area (Å²) in [6.45, 7) is 7.51. The molecule has 0 bridgehead atoms. The Morgan fingerprint density at radius 3 is 2.33 bits per heavy atom. The van der Waals surface area contributed by atoms with Crippen LogP contribution in [0.5, 0.6) is 0 Å². The molecule has 0 amide bonds. The van der Waals surface area contributed by atoms with E-state index in [2.05, 4.69) is 74.8 Å². The van der Waals surface area contributed by atoms with Crippen LogP contribution in [0.15, 0.2) is 47.4 Å². The minimum absolute atomic E-state index is 0.375. The Hall–Kier alpha value is -1.25. The predicted octanol–water partition coefficient (Wildman–Crippen LogP) is 4.92. The van der Waals surface area contributed by atoms with Crippen molar-refractivity contribution >= 4 is 11.8 Å². The molecular weight excluding hydrogens is 274 g/mol. The van der Waals surface area contributed by atoms with E-state index in [-0.39, 0.29) is 0 Å². The average molecular weight is 299 g/mol. The summed E-state index contributed by atoms with van der Waals surface area (Å²) < 4.78 is 0. The lowest BCUT2D eigenvalue weighted by Crippen LogP contribution is -2.23. The molecule has 0 saturated heterocycles. The van der Waals surface area contributed by atoms with Crippen LogP contribution in [-0.2, 0) is 6.42 Å². The number of hydrogen-bond acceptors (Lipinski definition) is 2.